The van der Waals surface area contributed by atoms with Crippen molar-refractivity contribution in [3.63, 3.8) is 0 Å². The minimum absolute atomic E-state index is 0.143. The SMILES string of the molecule is COc1ccc(-c2noc(CCc3nc4ccccc4c(=O)[nH]3)n2)cc1. The number of fused-ring (bicyclic) bond motifs is 1. The van der Waals surface area contributed by atoms with Crippen LogP contribution in [0.2, 0.25) is 0 Å². The van der Waals surface area contributed by atoms with Crippen LogP contribution in [0.4, 0.5) is 0 Å². The Kier molecular flexibility index (Phi) is 4.18. The quantitative estimate of drug-likeness (QED) is 0.596. The van der Waals surface area contributed by atoms with E-state index in [1.807, 2.05) is 42.5 Å². The molecule has 0 saturated carbocycles. The summed E-state index contributed by atoms with van der Waals surface area (Å²) in [5, 5.41) is 4.58. The van der Waals surface area contributed by atoms with Gasteiger partial charge in [0.1, 0.15) is 11.6 Å². The monoisotopic (exact) mass is 348 g/mol. The molecule has 2 heterocycles. The molecular weight excluding hydrogens is 332 g/mol. The van der Waals surface area contributed by atoms with Crippen molar-refractivity contribution < 1.29 is 9.26 Å². The van der Waals surface area contributed by atoms with Gasteiger partial charge in [-0.05, 0) is 36.4 Å². The van der Waals surface area contributed by atoms with Crippen molar-refractivity contribution in [2.45, 2.75) is 12.8 Å². The number of benzene rings is 2. The lowest BCUT2D eigenvalue weighted by Crippen LogP contribution is -2.12. The standard InChI is InChI=1S/C19H16N4O3/c1-25-13-8-6-12(7-9-13)18-22-17(26-23-18)11-10-16-20-15-5-3-2-4-14(15)19(24)21-16/h2-9H,10-11H2,1H3,(H,20,21,24). The van der Waals surface area contributed by atoms with Crippen LogP contribution >= 0.6 is 0 Å². The van der Waals surface area contributed by atoms with Gasteiger partial charge in [-0.25, -0.2) is 4.98 Å². The maximum Gasteiger partial charge on any atom is 0.258 e. The molecule has 0 atom stereocenters. The Morgan fingerprint density at radius 2 is 1.85 bits per heavy atom. The minimum Gasteiger partial charge on any atom is -0.497 e. The van der Waals surface area contributed by atoms with Crippen molar-refractivity contribution in [1.82, 2.24) is 20.1 Å². The number of hydrogen-bond donors (Lipinski definition) is 1. The number of ether oxygens (including phenoxy) is 1. The third kappa shape index (κ3) is 3.19. The summed E-state index contributed by atoms with van der Waals surface area (Å²) in [6, 6.07) is 14.7. The fourth-order valence-electron chi connectivity index (χ4n) is 2.69. The van der Waals surface area contributed by atoms with Crippen LogP contribution in [-0.2, 0) is 12.8 Å². The van der Waals surface area contributed by atoms with Crippen molar-refractivity contribution in [2.24, 2.45) is 0 Å². The summed E-state index contributed by atoms with van der Waals surface area (Å²) < 4.78 is 10.4. The summed E-state index contributed by atoms with van der Waals surface area (Å²) in [6.45, 7) is 0. The minimum atomic E-state index is -0.143. The molecule has 4 rings (SSSR count). The van der Waals surface area contributed by atoms with Gasteiger partial charge in [-0.1, -0.05) is 17.3 Å². The molecule has 0 radical (unpaired) electrons. The predicted molar refractivity (Wildman–Crippen MR) is 96.1 cm³/mol. The molecule has 2 aromatic carbocycles. The second-order valence-electron chi connectivity index (χ2n) is 5.77. The summed E-state index contributed by atoms with van der Waals surface area (Å²) in [5.41, 5.74) is 1.38. The summed E-state index contributed by atoms with van der Waals surface area (Å²) >= 11 is 0. The molecule has 0 fully saturated rings. The Hall–Kier alpha value is -3.48. The zero-order chi connectivity index (χ0) is 17.9. The summed E-state index contributed by atoms with van der Waals surface area (Å²) in [5.74, 6) is 2.37. The van der Waals surface area contributed by atoms with Crippen LogP contribution in [0.1, 0.15) is 11.7 Å². The molecule has 2 aromatic heterocycles. The number of aromatic nitrogens is 4. The smallest absolute Gasteiger partial charge is 0.258 e. The van der Waals surface area contributed by atoms with E-state index in [1.165, 1.54) is 0 Å². The van der Waals surface area contributed by atoms with Crippen LogP contribution in [0.3, 0.4) is 0 Å². The number of para-hydroxylation sites is 1. The van der Waals surface area contributed by atoms with Gasteiger partial charge < -0.3 is 14.2 Å². The summed E-state index contributed by atoms with van der Waals surface area (Å²) in [7, 11) is 1.62. The lowest BCUT2D eigenvalue weighted by atomic mass is 10.2. The van der Waals surface area contributed by atoms with Crippen LogP contribution in [0.25, 0.3) is 22.3 Å². The average molecular weight is 348 g/mol. The number of rotatable bonds is 5. The zero-order valence-electron chi connectivity index (χ0n) is 14.1. The van der Waals surface area contributed by atoms with Crippen molar-refractivity contribution in [2.75, 3.05) is 7.11 Å². The van der Waals surface area contributed by atoms with Gasteiger partial charge in [-0.2, -0.15) is 4.98 Å². The molecule has 0 saturated heterocycles. The number of H-pyrrole nitrogens is 1. The molecule has 1 N–H and O–H groups in total. The molecule has 130 valence electrons. The molecule has 0 amide bonds. The lowest BCUT2D eigenvalue weighted by molar-refractivity contribution is 0.378. The van der Waals surface area contributed by atoms with Crippen LogP contribution in [0.15, 0.2) is 57.8 Å². The van der Waals surface area contributed by atoms with Gasteiger partial charge in [-0.15, -0.1) is 0 Å². The van der Waals surface area contributed by atoms with E-state index in [0.717, 1.165) is 11.3 Å². The molecule has 0 aliphatic heterocycles. The van der Waals surface area contributed by atoms with Gasteiger partial charge in [0.05, 0.1) is 18.0 Å². The van der Waals surface area contributed by atoms with Crippen LogP contribution in [0.5, 0.6) is 5.75 Å². The number of hydrogen-bond acceptors (Lipinski definition) is 6. The highest BCUT2D eigenvalue weighted by Crippen LogP contribution is 2.20. The van der Waals surface area contributed by atoms with Crippen LogP contribution < -0.4 is 10.3 Å². The maximum atomic E-state index is 12.1. The predicted octanol–water partition coefficient (Wildman–Crippen LogP) is 2.77. The molecule has 0 aliphatic carbocycles. The molecule has 0 spiro atoms. The first-order valence-corrected chi connectivity index (χ1v) is 8.18. The van der Waals surface area contributed by atoms with E-state index in [1.54, 1.807) is 13.2 Å². The van der Waals surface area contributed by atoms with Crippen molar-refractivity contribution in [1.29, 1.82) is 0 Å². The lowest BCUT2D eigenvalue weighted by Gasteiger charge is -2.01. The Balaban J connectivity index is 1.50. The molecule has 4 aromatic rings. The summed E-state index contributed by atoms with van der Waals surface area (Å²) in [4.78, 5) is 23.8. The average Bonchev–Trinajstić information content (AvgIpc) is 3.15. The van der Waals surface area contributed by atoms with Gasteiger partial charge >= 0.3 is 0 Å². The normalized spacial score (nSPS) is 11.0. The topological polar surface area (TPSA) is 93.9 Å². The molecule has 0 unspecified atom stereocenters. The van der Waals surface area contributed by atoms with Crippen molar-refractivity contribution >= 4 is 10.9 Å². The van der Waals surface area contributed by atoms with E-state index >= 15 is 0 Å². The zero-order valence-corrected chi connectivity index (χ0v) is 14.1. The van der Waals surface area contributed by atoms with Gasteiger partial charge in [0.15, 0.2) is 0 Å². The number of nitrogens with one attached hydrogen (secondary N) is 1. The highest BCUT2D eigenvalue weighted by atomic mass is 16.5. The second kappa shape index (κ2) is 6.79. The van der Waals surface area contributed by atoms with E-state index in [4.69, 9.17) is 9.26 Å². The first kappa shape index (κ1) is 16.0. The van der Waals surface area contributed by atoms with E-state index in [9.17, 15) is 4.79 Å². The van der Waals surface area contributed by atoms with Crippen LogP contribution in [0, 0.1) is 0 Å². The van der Waals surface area contributed by atoms with Crippen molar-refractivity contribution in [3.05, 3.63) is 70.6 Å². The van der Waals surface area contributed by atoms with Crippen LogP contribution in [-0.4, -0.2) is 27.2 Å². The Labute approximate surface area is 148 Å². The van der Waals surface area contributed by atoms with E-state index in [2.05, 4.69) is 20.1 Å². The van der Waals surface area contributed by atoms with Gasteiger partial charge in [0.25, 0.3) is 5.56 Å². The highest BCUT2D eigenvalue weighted by Gasteiger charge is 2.10. The highest BCUT2D eigenvalue weighted by molar-refractivity contribution is 5.77. The molecule has 7 heteroatoms. The van der Waals surface area contributed by atoms with Gasteiger partial charge in [0.2, 0.25) is 11.7 Å². The number of aromatic amines is 1. The molecule has 26 heavy (non-hydrogen) atoms. The first-order valence-electron chi connectivity index (χ1n) is 8.18. The fourth-order valence-corrected chi connectivity index (χ4v) is 2.69. The molecule has 0 aliphatic rings. The largest absolute Gasteiger partial charge is 0.497 e. The second-order valence-corrected chi connectivity index (χ2v) is 5.77. The fraction of sp³-hybridized carbons (Fsp3) is 0.158. The van der Waals surface area contributed by atoms with E-state index in [0.29, 0.717) is 41.3 Å². The first-order chi connectivity index (χ1) is 12.7. The molecular formula is C19H16N4O3. The van der Waals surface area contributed by atoms with E-state index in [-0.39, 0.29) is 5.56 Å². The Bertz CT molecular complexity index is 1100. The van der Waals surface area contributed by atoms with Crippen molar-refractivity contribution in [3.8, 4) is 17.1 Å². The summed E-state index contributed by atoms with van der Waals surface area (Å²) in [6.07, 6.45) is 0.995. The third-order valence-corrected chi connectivity index (χ3v) is 4.05. The third-order valence-electron chi connectivity index (χ3n) is 4.05. The number of methoxy groups -OCH3 is 1. The maximum absolute atomic E-state index is 12.1. The Morgan fingerprint density at radius 3 is 2.65 bits per heavy atom. The number of nitrogens with zero attached hydrogens (tertiary/aromatic N) is 3. The van der Waals surface area contributed by atoms with Gasteiger partial charge in [0, 0.05) is 18.4 Å². The molecule has 0 bridgehead atoms. The van der Waals surface area contributed by atoms with E-state index < -0.39 is 0 Å². The Morgan fingerprint density at radius 1 is 1.04 bits per heavy atom. The number of aryl methyl sites for hydroxylation is 2. The molecule has 7 nitrogen and oxygen atoms in total. The van der Waals surface area contributed by atoms with Gasteiger partial charge in [-0.3, -0.25) is 4.79 Å².